The van der Waals surface area contributed by atoms with Crippen LogP contribution in [0.4, 0.5) is 0 Å². The van der Waals surface area contributed by atoms with Crippen molar-refractivity contribution < 1.29 is 14.9 Å². The summed E-state index contributed by atoms with van der Waals surface area (Å²) < 4.78 is 5.17. The molecule has 0 amide bonds. The third-order valence-electron chi connectivity index (χ3n) is 3.20. The molecule has 102 valence electrons. The molecule has 2 aromatic rings. The van der Waals surface area contributed by atoms with Crippen molar-refractivity contribution in [3.63, 3.8) is 0 Å². The van der Waals surface area contributed by atoms with Crippen molar-refractivity contribution in [3.05, 3.63) is 42.0 Å². The van der Waals surface area contributed by atoms with E-state index in [1.165, 1.54) is 0 Å². The molecule has 0 spiro atoms. The summed E-state index contributed by atoms with van der Waals surface area (Å²) in [7, 11) is 1.63. The summed E-state index contributed by atoms with van der Waals surface area (Å²) in [6, 6.07) is 11.4. The number of rotatable bonds is 5. The lowest BCUT2D eigenvalue weighted by atomic mass is 9.99. The van der Waals surface area contributed by atoms with E-state index in [9.17, 15) is 10.2 Å². The van der Waals surface area contributed by atoms with Gasteiger partial charge in [0, 0.05) is 0 Å². The van der Waals surface area contributed by atoms with Crippen LogP contribution in [0.2, 0.25) is 0 Å². The lowest BCUT2D eigenvalue weighted by Crippen LogP contribution is -2.18. The zero-order chi connectivity index (χ0) is 13.8. The first-order chi connectivity index (χ1) is 9.15. The average Bonchev–Trinajstić information content (AvgIpc) is 2.45. The molecule has 2 N–H and O–H groups in total. The van der Waals surface area contributed by atoms with Gasteiger partial charge in [-0.3, -0.25) is 0 Å². The smallest absolute Gasteiger partial charge is 0.119 e. The van der Waals surface area contributed by atoms with Crippen LogP contribution >= 0.6 is 12.6 Å². The van der Waals surface area contributed by atoms with Crippen LogP contribution < -0.4 is 4.74 Å². The normalized spacial score (nSPS) is 14.3. The molecular formula is C15H18O3S. The maximum atomic E-state index is 10.1. The van der Waals surface area contributed by atoms with Gasteiger partial charge in [-0.05, 0) is 46.7 Å². The number of aliphatic hydroxyl groups excluding tert-OH is 2. The van der Waals surface area contributed by atoms with Crippen molar-refractivity contribution in [2.24, 2.45) is 0 Å². The maximum Gasteiger partial charge on any atom is 0.119 e. The number of hydrogen-bond donors (Lipinski definition) is 3. The van der Waals surface area contributed by atoms with Crippen molar-refractivity contribution >= 4 is 23.4 Å². The molecule has 2 atom stereocenters. The second kappa shape index (κ2) is 6.28. The fraction of sp³-hybridized carbons (Fsp3) is 0.333. The molecule has 0 aliphatic heterocycles. The monoisotopic (exact) mass is 278 g/mol. The lowest BCUT2D eigenvalue weighted by Gasteiger charge is -2.17. The van der Waals surface area contributed by atoms with Crippen LogP contribution in [0.3, 0.4) is 0 Å². The van der Waals surface area contributed by atoms with Gasteiger partial charge in [-0.25, -0.2) is 0 Å². The molecule has 0 aromatic heterocycles. The van der Waals surface area contributed by atoms with E-state index in [0.29, 0.717) is 17.7 Å². The van der Waals surface area contributed by atoms with Gasteiger partial charge in [0.25, 0.3) is 0 Å². The first-order valence-corrected chi connectivity index (χ1v) is 6.83. The minimum Gasteiger partial charge on any atom is -0.497 e. The number of thiol groups is 1. The molecule has 0 aliphatic rings. The third kappa shape index (κ3) is 3.21. The molecule has 2 aromatic carbocycles. The predicted molar refractivity (Wildman–Crippen MR) is 79.9 cm³/mol. The first kappa shape index (κ1) is 14.2. The van der Waals surface area contributed by atoms with Gasteiger partial charge in [0.15, 0.2) is 0 Å². The molecule has 2 unspecified atom stereocenters. The number of methoxy groups -OCH3 is 1. The van der Waals surface area contributed by atoms with E-state index in [4.69, 9.17) is 4.74 Å². The molecule has 0 aliphatic carbocycles. The summed E-state index contributed by atoms with van der Waals surface area (Å²) in [5.41, 5.74) is 0.715. The fourth-order valence-corrected chi connectivity index (χ4v) is 2.33. The predicted octanol–water partition coefficient (Wildman–Crippen LogP) is 2.56. The van der Waals surface area contributed by atoms with Gasteiger partial charge in [-0.15, -0.1) is 0 Å². The van der Waals surface area contributed by atoms with Gasteiger partial charge in [0.1, 0.15) is 11.9 Å². The Morgan fingerprint density at radius 3 is 2.47 bits per heavy atom. The van der Waals surface area contributed by atoms with Crippen LogP contribution in [0.15, 0.2) is 36.4 Å². The Bertz CT molecular complexity index is 556. The van der Waals surface area contributed by atoms with Crippen LogP contribution in [0.5, 0.6) is 5.75 Å². The highest BCUT2D eigenvalue weighted by molar-refractivity contribution is 7.80. The van der Waals surface area contributed by atoms with Gasteiger partial charge < -0.3 is 14.9 Å². The molecule has 19 heavy (non-hydrogen) atoms. The molecule has 3 nitrogen and oxygen atoms in total. The highest BCUT2D eigenvalue weighted by Crippen LogP contribution is 2.26. The second-order valence-electron chi connectivity index (χ2n) is 4.50. The number of hydrogen-bond acceptors (Lipinski definition) is 4. The third-order valence-corrected chi connectivity index (χ3v) is 3.46. The van der Waals surface area contributed by atoms with E-state index in [-0.39, 0.29) is 0 Å². The van der Waals surface area contributed by atoms with E-state index in [0.717, 1.165) is 16.5 Å². The molecule has 0 bridgehead atoms. The van der Waals surface area contributed by atoms with Crippen molar-refractivity contribution in [2.75, 3.05) is 12.9 Å². The number of aliphatic hydroxyl groups is 2. The SMILES string of the molecule is COc1ccc2cc(C(O)C(O)CCS)ccc2c1. The van der Waals surface area contributed by atoms with E-state index in [2.05, 4.69) is 12.6 Å². The molecule has 0 saturated heterocycles. The fourth-order valence-electron chi connectivity index (χ4n) is 2.07. The second-order valence-corrected chi connectivity index (χ2v) is 4.94. The highest BCUT2D eigenvalue weighted by Gasteiger charge is 2.17. The van der Waals surface area contributed by atoms with Gasteiger partial charge in [-0.2, -0.15) is 12.6 Å². The van der Waals surface area contributed by atoms with Crippen LogP contribution in [-0.2, 0) is 0 Å². The van der Waals surface area contributed by atoms with Gasteiger partial charge in [0.2, 0.25) is 0 Å². The zero-order valence-corrected chi connectivity index (χ0v) is 11.7. The van der Waals surface area contributed by atoms with Crippen LogP contribution in [0, 0.1) is 0 Å². The van der Waals surface area contributed by atoms with E-state index >= 15 is 0 Å². The Labute approximate surface area is 118 Å². The zero-order valence-electron chi connectivity index (χ0n) is 10.8. The summed E-state index contributed by atoms with van der Waals surface area (Å²) in [5, 5.41) is 21.9. The Kier molecular flexibility index (Phi) is 4.69. The summed E-state index contributed by atoms with van der Waals surface area (Å²) in [4.78, 5) is 0. The Morgan fingerprint density at radius 1 is 1.11 bits per heavy atom. The van der Waals surface area contributed by atoms with Gasteiger partial charge in [0.05, 0.1) is 13.2 Å². The maximum absolute atomic E-state index is 10.1. The summed E-state index contributed by atoms with van der Waals surface area (Å²) in [5.74, 6) is 1.35. The molecule has 0 heterocycles. The largest absolute Gasteiger partial charge is 0.497 e. The molecule has 0 saturated carbocycles. The van der Waals surface area contributed by atoms with Gasteiger partial charge in [-0.1, -0.05) is 18.2 Å². The average molecular weight is 278 g/mol. The highest BCUT2D eigenvalue weighted by atomic mass is 32.1. The van der Waals surface area contributed by atoms with Crippen molar-refractivity contribution in [1.82, 2.24) is 0 Å². The molecular weight excluding hydrogens is 260 g/mol. The molecule has 0 radical (unpaired) electrons. The van der Waals surface area contributed by atoms with Crippen LogP contribution in [-0.4, -0.2) is 29.2 Å². The van der Waals surface area contributed by atoms with E-state index < -0.39 is 12.2 Å². The Morgan fingerprint density at radius 2 is 1.79 bits per heavy atom. The molecule has 2 rings (SSSR count). The standard InChI is InChI=1S/C15H18O3S/c1-18-13-5-4-10-8-12(3-2-11(10)9-13)15(17)14(16)6-7-19/h2-5,8-9,14-17,19H,6-7H2,1H3. The summed E-state index contributed by atoms with van der Waals surface area (Å²) >= 11 is 4.06. The van der Waals surface area contributed by atoms with Crippen LogP contribution in [0.1, 0.15) is 18.1 Å². The van der Waals surface area contributed by atoms with Crippen molar-refractivity contribution in [3.8, 4) is 5.75 Å². The topological polar surface area (TPSA) is 49.7 Å². The Hall–Kier alpha value is -1.23. The Balaban J connectivity index is 2.31. The number of benzene rings is 2. The lowest BCUT2D eigenvalue weighted by molar-refractivity contribution is 0.0173. The van der Waals surface area contributed by atoms with Crippen LogP contribution in [0.25, 0.3) is 10.8 Å². The first-order valence-electron chi connectivity index (χ1n) is 6.20. The summed E-state index contributed by atoms with van der Waals surface area (Å²) in [6.45, 7) is 0. The number of fused-ring (bicyclic) bond motifs is 1. The number of ether oxygens (including phenoxy) is 1. The minimum atomic E-state index is -0.876. The quantitative estimate of drug-likeness (QED) is 0.737. The van der Waals surface area contributed by atoms with Crippen molar-refractivity contribution in [1.29, 1.82) is 0 Å². The van der Waals surface area contributed by atoms with Gasteiger partial charge >= 0.3 is 0 Å². The van der Waals surface area contributed by atoms with E-state index in [1.807, 2.05) is 36.4 Å². The van der Waals surface area contributed by atoms with E-state index in [1.54, 1.807) is 7.11 Å². The van der Waals surface area contributed by atoms with Crippen molar-refractivity contribution in [2.45, 2.75) is 18.6 Å². The minimum absolute atomic E-state index is 0.463. The molecule has 4 heteroatoms. The molecule has 0 fully saturated rings. The summed E-state index contributed by atoms with van der Waals surface area (Å²) in [6.07, 6.45) is -1.20.